The molecule has 1 saturated carbocycles. The number of fused-ring (bicyclic) bond motifs is 1. The number of aliphatic hydroxyl groups is 2. The summed E-state index contributed by atoms with van der Waals surface area (Å²) in [6, 6.07) is 12.2. The third-order valence-electron chi connectivity index (χ3n) is 7.59. The maximum absolute atomic E-state index is 12.8. The summed E-state index contributed by atoms with van der Waals surface area (Å²) < 4.78 is 46.6. The van der Waals surface area contributed by atoms with E-state index in [1.807, 2.05) is 18.2 Å². The average molecular weight is 563 g/mol. The molecular formula is C29H39O9P. The van der Waals surface area contributed by atoms with Crippen LogP contribution in [0.2, 0.25) is 0 Å². The largest absolute Gasteiger partial charge is 0.486 e. The third kappa shape index (κ3) is 6.51. The van der Waals surface area contributed by atoms with Crippen LogP contribution in [0.5, 0.6) is 11.5 Å². The van der Waals surface area contributed by atoms with Crippen molar-refractivity contribution < 1.29 is 42.6 Å². The van der Waals surface area contributed by atoms with Gasteiger partial charge in [-0.1, -0.05) is 31.2 Å². The molecule has 0 unspecified atom stereocenters. The van der Waals surface area contributed by atoms with E-state index in [9.17, 15) is 14.8 Å². The molecule has 3 aliphatic rings. The Morgan fingerprint density at radius 2 is 1.64 bits per heavy atom. The molecule has 1 aliphatic carbocycles. The SMILES string of the molecule is CCOP(=O)(OCC)OC[C@H]1O[C@@H](c2ccc(C3CC3)c(Cc3ccc4c(c3)OCCO4)c2)[C@H](O)[C@@H](O)[C@@H]1C. The maximum Gasteiger partial charge on any atom is 0.474 e. The Morgan fingerprint density at radius 3 is 2.33 bits per heavy atom. The molecule has 9 nitrogen and oxygen atoms in total. The topological polar surface area (TPSA) is 113 Å². The highest BCUT2D eigenvalue weighted by Gasteiger charge is 2.44. The van der Waals surface area contributed by atoms with E-state index >= 15 is 0 Å². The predicted octanol–water partition coefficient (Wildman–Crippen LogP) is 4.92. The van der Waals surface area contributed by atoms with Crippen molar-refractivity contribution in [3.05, 3.63) is 58.7 Å². The number of aliphatic hydroxyl groups excluding tert-OH is 2. The minimum absolute atomic E-state index is 0.108. The van der Waals surface area contributed by atoms with Gasteiger partial charge in [0.2, 0.25) is 0 Å². The molecule has 2 N–H and O–H groups in total. The van der Waals surface area contributed by atoms with Crippen molar-refractivity contribution in [1.82, 2.24) is 0 Å². The Bertz CT molecular complexity index is 1170. The molecule has 2 fully saturated rings. The molecule has 0 amide bonds. The van der Waals surface area contributed by atoms with Crippen LogP contribution in [-0.2, 0) is 29.3 Å². The van der Waals surface area contributed by atoms with Crippen LogP contribution in [0.1, 0.15) is 67.9 Å². The summed E-state index contributed by atoms with van der Waals surface area (Å²) >= 11 is 0. The fourth-order valence-corrected chi connectivity index (χ4v) is 6.51. The Labute approximate surface area is 229 Å². The van der Waals surface area contributed by atoms with Crippen LogP contribution in [0.25, 0.3) is 0 Å². The molecule has 39 heavy (non-hydrogen) atoms. The molecule has 2 aliphatic heterocycles. The second-order valence-electron chi connectivity index (χ2n) is 10.4. The molecule has 1 saturated heterocycles. The highest BCUT2D eigenvalue weighted by molar-refractivity contribution is 7.48. The zero-order valence-electron chi connectivity index (χ0n) is 22.8. The first-order valence-electron chi connectivity index (χ1n) is 13.9. The maximum atomic E-state index is 12.8. The Morgan fingerprint density at radius 1 is 0.923 bits per heavy atom. The van der Waals surface area contributed by atoms with Gasteiger partial charge in [-0.2, -0.15) is 0 Å². The third-order valence-corrected chi connectivity index (χ3v) is 9.21. The molecule has 2 aromatic carbocycles. The lowest BCUT2D eigenvalue weighted by atomic mass is 9.84. The van der Waals surface area contributed by atoms with Crippen molar-refractivity contribution in [2.45, 2.75) is 70.4 Å². The lowest BCUT2D eigenvalue weighted by Gasteiger charge is -2.42. The van der Waals surface area contributed by atoms with Crippen LogP contribution in [0.15, 0.2) is 36.4 Å². The van der Waals surface area contributed by atoms with Crippen LogP contribution in [0.4, 0.5) is 0 Å². The molecule has 10 heteroatoms. The Balaban J connectivity index is 1.37. The molecule has 5 atom stereocenters. The van der Waals surface area contributed by atoms with Crippen molar-refractivity contribution in [3.63, 3.8) is 0 Å². The van der Waals surface area contributed by atoms with Crippen molar-refractivity contribution in [2.75, 3.05) is 33.0 Å². The van der Waals surface area contributed by atoms with Crippen LogP contribution in [-0.4, -0.2) is 61.6 Å². The zero-order valence-corrected chi connectivity index (χ0v) is 23.7. The second kappa shape index (κ2) is 12.3. The Hall–Kier alpha value is -1.97. The van der Waals surface area contributed by atoms with Crippen LogP contribution < -0.4 is 9.47 Å². The number of rotatable bonds is 11. The van der Waals surface area contributed by atoms with Gasteiger partial charge in [-0.25, -0.2) is 4.57 Å². The highest BCUT2D eigenvalue weighted by atomic mass is 31.2. The van der Waals surface area contributed by atoms with Crippen molar-refractivity contribution >= 4 is 7.82 Å². The van der Waals surface area contributed by atoms with Crippen LogP contribution >= 0.6 is 7.82 Å². The number of hydrogen-bond donors (Lipinski definition) is 2. The predicted molar refractivity (Wildman–Crippen MR) is 144 cm³/mol. The lowest BCUT2D eigenvalue weighted by Crippen LogP contribution is -2.51. The van der Waals surface area contributed by atoms with Gasteiger partial charge in [-0.05, 0) is 73.4 Å². The van der Waals surface area contributed by atoms with Crippen molar-refractivity contribution in [1.29, 1.82) is 0 Å². The van der Waals surface area contributed by atoms with Gasteiger partial charge in [-0.15, -0.1) is 0 Å². The molecule has 0 radical (unpaired) electrons. The normalized spacial score (nSPS) is 26.9. The van der Waals surface area contributed by atoms with E-state index < -0.39 is 38.2 Å². The lowest BCUT2D eigenvalue weighted by molar-refractivity contribution is -0.206. The fraction of sp³-hybridized carbons (Fsp3) is 0.586. The number of phosphoric ester groups is 1. The molecule has 0 spiro atoms. The van der Waals surface area contributed by atoms with Crippen molar-refractivity contribution in [3.8, 4) is 11.5 Å². The molecule has 2 heterocycles. The monoisotopic (exact) mass is 562 g/mol. The van der Waals surface area contributed by atoms with Crippen LogP contribution in [0.3, 0.4) is 0 Å². The first-order valence-corrected chi connectivity index (χ1v) is 15.3. The summed E-state index contributed by atoms with van der Waals surface area (Å²) in [7, 11) is -3.75. The second-order valence-corrected chi connectivity index (χ2v) is 12.1. The number of phosphoric acid groups is 1. The first-order chi connectivity index (χ1) is 18.8. The van der Waals surface area contributed by atoms with Gasteiger partial charge in [0, 0.05) is 5.92 Å². The Kier molecular flexibility index (Phi) is 8.98. The average Bonchev–Trinajstić information content (AvgIpc) is 3.77. The first kappa shape index (κ1) is 28.6. The highest BCUT2D eigenvalue weighted by Crippen LogP contribution is 2.50. The van der Waals surface area contributed by atoms with Gasteiger partial charge in [0.25, 0.3) is 0 Å². The molecule has 5 rings (SSSR count). The van der Waals surface area contributed by atoms with Gasteiger partial charge in [-0.3, -0.25) is 13.6 Å². The minimum atomic E-state index is -3.75. The van der Waals surface area contributed by atoms with Gasteiger partial charge in [0.15, 0.2) is 11.5 Å². The summed E-state index contributed by atoms with van der Waals surface area (Å²) in [6.45, 7) is 6.50. The fourth-order valence-electron chi connectivity index (χ4n) is 5.33. The zero-order chi connectivity index (χ0) is 27.6. The molecular weight excluding hydrogens is 523 g/mol. The van der Waals surface area contributed by atoms with Gasteiger partial charge in [0.1, 0.15) is 25.4 Å². The summed E-state index contributed by atoms with van der Waals surface area (Å²) in [4.78, 5) is 0. The molecule has 214 valence electrons. The van der Waals surface area contributed by atoms with E-state index in [1.165, 1.54) is 5.56 Å². The van der Waals surface area contributed by atoms with E-state index in [1.54, 1.807) is 20.8 Å². The van der Waals surface area contributed by atoms with E-state index in [2.05, 4.69) is 18.2 Å². The molecule has 2 aromatic rings. The quantitative estimate of drug-likeness (QED) is 0.369. The summed E-state index contributed by atoms with van der Waals surface area (Å²) in [5, 5.41) is 21.9. The number of hydrogen-bond acceptors (Lipinski definition) is 9. The van der Waals surface area contributed by atoms with Gasteiger partial charge in [0.05, 0.1) is 32.0 Å². The van der Waals surface area contributed by atoms with E-state index in [0.717, 1.165) is 41.0 Å². The van der Waals surface area contributed by atoms with E-state index in [4.69, 9.17) is 27.8 Å². The standard InChI is InChI=1S/C29H39O9P/c1-4-35-39(32,36-5-2)37-17-26-18(3)27(30)28(31)29(38-26)21-9-10-23(20-7-8-20)22(16-21)14-19-6-11-24-25(15-19)34-13-12-33-24/h6,9-11,15-16,18,20,26-31H,4-5,7-8,12-14,17H2,1-3H3/t18-,26-,27+,28-,29+/m1/s1. The van der Waals surface area contributed by atoms with E-state index in [0.29, 0.717) is 25.6 Å². The smallest absolute Gasteiger partial charge is 0.474 e. The van der Waals surface area contributed by atoms with Gasteiger partial charge < -0.3 is 24.4 Å². The van der Waals surface area contributed by atoms with Crippen LogP contribution in [0, 0.1) is 5.92 Å². The summed E-state index contributed by atoms with van der Waals surface area (Å²) in [5.41, 5.74) is 4.32. The number of benzene rings is 2. The van der Waals surface area contributed by atoms with Crippen molar-refractivity contribution in [2.24, 2.45) is 5.92 Å². The molecule has 0 bridgehead atoms. The summed E-state index contributed by atoms with van der Waals surface area (Å²) in [5.74, 6) is 1.58. The van der Waals surface area contributed by atoms with E-state index in [-0.39, 0.29) is 19.8 Å². The summed E-state index contributed by atoms with van der Waals surface area (Å²) in [6.07, 6.45) is -0.591. The van der Waals surface area contributed by atoms with Gasteiger partial charge >= 0.3 is 7.82 Å². The molecule has 0 aromatic heterocycles. The number of ether oxygens (including phenoxy) is 3. The minimum Gasteiger partial charge on any atom is -0.486 e.